The van der Waals surface area contributed by atoms with Crippen LogP contribution in [0, 0.1) is 0 Å². The van der Waals surface area contributed by atoms with Crippen LogP contribution in [0.1, 0.15) is 32.8 Å². The van der Waals surface area contributed by atoms with Crippen LogP contribution in [0.25, 0.3) is 11.0 Å². The van der Waals surface area contributed by atoms with Crippen LogP contribution in [0.15, 0.2) is 111 Å². The second-order valence-corrected chi connectivity index (χ2v) is 13.8. The molecule has 226 valence electrons. The summed E-state index contributed by atoms with van der Waals surface area (Å²) in [5.41, 5.74) is 0.556. The van der Waals surface area contributed by atoms with Gasteiger partial charge in [0.15, 0.2) is 15.3 Å². The van der Waals surface area contributed by atoms with Gasteiger partial charge in [0.2, 0.25) is 10.9 Å². The maximum atomic E-state index is 15.1. The molecule has 0 saturated heterocycles. The second-order valence-electron chi connectivity index (χ2n) is 10.8. The van der Waals surface area contributed by atoms with Crippen molar-refractivity contribution in [3.63, 3.8) is 0 Å². The minimum absolute atomic E-state index is 0.0688. The van der Waals surface area contributed by atoms with E-state index in [9.17, 15) is 9.59 Å². The Morgan fingerprint density at radius 3 is 2.46 bits per heavy atom. The summed E-state index contributed by atoms with van der Waals surface area (Å²) in [6.07, 6.45) is 0. The van der Waals surface area contributed by atoms with Crippen LogP contribution in [-0.2, 0) is 22.6 Å². The molecule has 1 atom stereocenters. The van der Waals surface area contributed by atoms with Crippen LogP contribution in [0.5, 0.6) is 0 Å². The lowest BCUT2D eigenvalue weighted by Gasteiger charge is -2.32. The van der Waals surface area contributed by atoms with E-state index in [-0.39, 0.29) is 34.0 Å². The third-order valence-corrected chi connectivity index (χ3v) is 10.9. The molecule has 4 aromatic carbocycles. The Bertz CT molecular complexity index is 2280. The molecule has 46 heavy (non-hydrogen) atoms. The van der Waals surface area contributed by atoms with Crippen molar-refractivity contribution in [3.05, 3.63) is 145 Å². The van der Waals surface area contributed by atoms with E-state index in [1.165, 1.54) is 22.7 Å². The van der Waals surface area contributed by atoms with E-state index in [0.717, 1.165) is 22.5 Å². The number of para-hydroxylation sites is 1. The molecule has 2 aliphatic heterocycles. The molecule has 0 radical (unpaired) electrons. The summed E-state index contributed by atoms with van der Waals surface area (Å²) in [4.78, 5) is 46.9. The third kappa shape index (κ3) is 4.32. The second kappa shape index (κ2) is 11.1. The molecule has 1 unspecified atom stereocenters. The van der Waals surface area contributed by atoms with Gasteiger partial charge in [-0.3, -0.25) is 19.3 Å². The number of aromatic nitrogens is 2. The number of hydrogen-bond donors (Lipinski definition) is 0. The lowest BCUT2D eigenvalue weighted by atomic mass is 9.84. The van der Waals surface area contributed by atoms with Crippen molar-refractivity contribution < 1.29 is 14.0 Å². The number of hydrogen-bond acceptors (Lipinski definition) is 8. The van der Waals surface area contributed by atoms with Gasteiger partial charge in [-0.1, -0.05) is 113 Å². The van der Waals surface area contributed by atoms with Crippen LogP contribution in [0.4, 0.5) is 10.8 Å². The Labute approximate surface area is 280 Å². The zero-order valence-electron chi connectivity index (χ0n) is 23.6. The van der Waals surface area contributed by atoms with Crippen LogP contribution in [-0.4, -0.2) is 22.0 Å². The van der Waals surface area contributed by atoms with E-state index in [4.69, 9.17) is 27.6 Å². The summed E-state index contributed by atoms with van der Waals surface area (Å²) in [6.45, 7) is 0.218. The molecule has 0 N–H and O–H groups in total. The minimum atomic E-state index is -1.89. The van der Waals surface area contributed by atoms with E-state index in [2.05, 4.69) is 10.2 Å². The van der Waals surface area contributed by atoms with Crippen molar-refractivity contribution in [1.82, 2.24) is 10.2 Å². The van der Waals surface area contributed by atoms with E-state index in [0.29, 0.717) is 31.4 Å². The molecule has 12 heteroatoms. The lowest BCUT2D eigenvalue weighted by molar-refractivity contribution is -0.121. The topological polar surface area (TPSA) is 96.6 Å². The molecular formula is C34H20Cl2N4O4S2. The SMILES string of the molecule is O=C1c2oc3ccc(Cl)cc3c(=O)c2C2(C(=O)N(Cc3ccccc3)c3ccccc32)N1c1nnc(SCc2ccccc2Cl)s1. The molecule has 1 spiro atoms. The van der Waals surface area contributed by atoms with E-state index in [1.807, 2.05) is 66.7 Å². The lowest BCUT2D eigenvalue weighted by Crippen LogP contribution is -2.53. The first-order valence-electron chi connectivity index (χ1n) is 14.1. The Balaban J connectivity index is 1.33. The number of thioether (sulfide) groups is 1. The van der Waals surface area contributed by atoms with E-state index in [1.54, 1.807) is 29.2 Å². The summed E-state index contributed by atoms with van der Waals surface area (Å²) in [6, 6.07) is 28.8. The monoisotopic (exact) mass is 682 g/mol. The van der Waals surface area contributed by atoms with Gasteiger partial charge in [0, 0.05) is 21.4 Å². The van der Waals surface area contributed by atoms with Crippen molar-refractivity contribution >= 4 is 79.9 Å². The van der Waals surface area contributed by atoms with E-state index >= 15 is 4.79 Å². The molecule has 6 aromatic rings. The van der Waals surface area contributed by atoms with Crippen LogP contribution >= 0.6 is 46.3 Å². The molecular weight excluding hydrogens is 663 g/mol. The fourth-order valence-electron chi connectivity index (χ4n) is 6.16. The number of anilines is 2. The van der Waals surface area contributed by atoms with Gasteiger partial charge in [0.05, 0.1) is 23.2 Å². The molecule has 2 aromatic heterocycles. The number of benzene rings is 4. The van der Waals surface area contributed by atoms with E-state index < -0.39 is 22.8 Å². The predicted octanol–water partition coefficient (Wildman–Crippen LogP) is 7.69. The predicted molar refractivity (Wildman–Crippen MR) is 180 cm³/mol. The molecule has 2 amide bonds. The van der Waals surface area contributed by atoms with Gasteiger partial charge in [0.25, 0.3) is 11.8 Å². The number of rotatable bonds is 6. The highest BCUT2D eigenvalue weighted by Gasteiger charge is 2.66. The minimum Gasteiger partial charge on any atom is -0.450 e. The molecule has 4 heterocycles. The maximum absolute atomic E-state index is 15.1. The normalized spacial score (nSPS) is 16.9. The average Bonchev–Trinajstić information content (AvgIpc) is 3.71. The van der Waals surface area contributed by atoms with Gasteiger partial charge in [-0.15, -0.1) is 10.2 Å². The summed E-state index contributed by atoms with van der Waals surface area (Å²) in [5, 5.41) is 10.0. The number of amides is 2. The van der Waals surface area contributed by atoms with Gasteiger partial charge < -0.3 is 9.32 Å². The number of halogens is 2. The standard InChI is InChI=1S/C34H20Cl2N4O4S2/c35-21-14-15-26-22(16-21)28(41)27-29(44-26)30(42)40(32-37-38-33(46-32)45-18-20-10-4-6-12-24(20)36)34(27)23-11-5-7-13-25(23)39(31(34)43)17-19-8-2-1-3-9-19/h1-16H,17-18H2. The summed E-state index contributed by atoms with van der Waals surface area (Å²) >= 11 is 15.2. The highest BCUT2D eigenvalue weighted by molar-refractivity contribution is 8.00. The maximum Gasteiger partial charge on any atom is 0.297 e. The molecule has 2 aliphatic rings. The Kier molecular flexibility index (Phi) is 6.99. The molecule has 0 bridgehead atoms. The number of carbonyl (C=O) groups excluding carboxylic acids is 2. The fourth-order valence-corrected chi connectivity index (χ4v) is 8.51. The first kappa shape index (κ1) is 29.0. The highest BCUT2D eigenvalue weighted by atomic mass is 35.5. The van der Waals surface area contributed by atoms with Gasteiger partial charge in [0.1, 0.15) is 5.58 Å². The first-order chi connectivity index (χ1) is 22.4. The largest absolute Gasteiger partial charge is 0.450 e. The fraction of sp³-hybridized carbons (Fsp3) is 0.0882. The molecule has 0 fully saturated rings. The molecule has 0 saturated carbocycles. The summed E-state index contributed by atoms with van der Waals surface area (Å²) < 4.78 is 6.71. The Morgan fingerprint density at radius 1 is 0.870 bits per heavy atom. The quantitative estimate of drug-likeness (QED) is 0.131. The smallest absolute Gasteiger partial charge is 0.297 e. The number of nitrogens with zero attached hydrogens (tertiary/aromatic N) is 4. The Hall–Kier alpha value is -4.48. The first-order valence-corrected chi connectivity index (χ1v) is 16.7. The number of fused-ring (bicyclic) bond motifs is 5. The van der Waals surface area contributed by atoms with Gasteiger partial charge in [-0.05, 0) is 41.5 Å². The summed E-state index contributed by atoms with van der Waals surface area (Å²) in [7, 11) is 0. The van der Waals surface area contributed by atoms with Crippen molar-refractivity contribution in [1.29, 1.82) is 0 Å². The number of carbonyl (C=O) groups is 2. The zero-order chi connectivity index (χ0) is 31.6. The third-order valence-electron chi connectivity index (χ3n) is 8.17. The van der Waals surface area contributed by atoms with Gasteiger partial charge >= 0.3 is 0 Å². The van der Waals surface area contributed by atoms with Crippen molar-refractivity contribution in [2.75, 3.05) is 9.80 Å². The average molecular weight is 684 g/mol. The molecule has 0 aliphatic carbocycles. The van der Waals surface area contributed by atoms with Crippen LogP contribution in [0.2, 0.25) is 10.0 Å². The van der Waals surface area contributed by atoms with Crippen LogP contribution < -0.4 is 15.2 Å². The van der Waals surface area contributed by atoms with Gasteiger partial charge in [-0.25, -0.2) is 0 Å². The van der Waals surface area contributed by atoms with Crippen LogP contribution in [0.3, 0.4) is 0 Å². The molecule has 8 rings (SSSR count). The summed E-state index contributed by atoms with van der Waals surface area (Å²) in [5.74, 6) is -0.830. The van der Waals surface area contributed by atoms with Crippen molar-refractivity contribution in [2.24, 2.45) is 0 Å². The highest BCUT2D eigenvalue weighted by Crippen LogP contribution is 2.55. The van der Waals surface area contributed by atoms with Crippen molar-refractivity contribution in [3.8, 4) is 0 Å². The van der Waals surface area contributed by atoms with Crippen molar-refractivity contribution in [2.45, 2.75) is 22.2 Å². The molecule has 8 nitrogen and oxygen atoms in total. The van der Waals surface area contributed by atoms with Gasteiger partial charge in [-0.2, -0.15) is 0 Å². The zero-order valence-corrected chi connectivity index (χ0v) is 26.8. The Morgan fingerprint density at radius 2 is 1.63 bits per heavy atom.